The number of benzene rings is 1. The number of aromatic nitrogens is 3. The summed E-state index contributed by atoms with van der Waals surface area (Å²) in [7, 11) is -3.77. The summed E-state index contributed by atoms with van der Waals surface area (Å²) >= 11 is 0. The first kappa shape index (κ1) is 20.8. The van der Waals surface area contributed by atoms with Crippen molar-refractivity contribution in [2.45, 2.75) is 55.4 Å². The lowest BCUT2D eigenvalue weighted by Gasteiger charge is -2.26. The van der Waals surface area contributed by atoms with E-state index in [2.05, 4.69) is 25.3 Å². The second-order valence-corrected chi connectivity index (χ2v) is 10.9. The van der Waals surface area contributed by atoms with Crippen LogP contribution in [-0.2, 0) is 26.5 Å². The lowest BCUT2D eigenvalue weighted by atomic mass is 9.94. The van der Waals surface area contributed by atoms with Gasteiger partial charge in [-0.2, -0.15) is 0 Å². The number of fused-ring (bicyclic) bond motifs is 1. The first-order valence-corrected chi connectivity index (χ1v) is 11.7. The molecule has 1 aliphatic rings. The number of rotatable bonds is 4. The number of imidazole rings is 1. The van der Waals surface area contributed by atoms with Crippen LogP contribution in [0.4, 0.5) is 0 Å². The van der Waals surface area contributed by atoms with Gasteiger partial charge in [-0.25, -0.2) is 13.4 Å². The molecule has 0 spiro atoms. The van der Waals surface area contributed by atoms with Crippen LogP contribution in [0.3, 0.4) is 0 Å². The van der Waals surface area contributed by atoms with Crippen LogP contribution in [0.5, 0.6) is 0 Å². The van der Waals surface area contributed by atoms with Gasteiger partial charge in [-0.3, -0.25) is 5.21 Å². The van der Waals surface area contributed by atoms with Gasteiger partial charge in [0.1, 0.15) is 10.7 Å². The van der Waals surface area contributed by atoms with Crippen LogP contribution < -0.4 is 4.73 Å². The van der Waals surface area contributed by atoms with Gasteiger partial charge in [0.15, 0.2) is 0 Å². The molecule has 1 aromatic carbocycles. The Kier molecular flexibility index (Phi) is 5.32. The summed E-state index contributed by atoms with van der Waals surface area (Å²) in [5.41, 5.74) is 1.43. The molecule has 30 heavy (non-hydrogen) atoms. The number of pyridine rings is 1. The molecule has 2 aromatic heterocycles. The molecule has 0 bridgehead atoms. The summed E-state index contributed by atoms with van der Waals surface area (Å²) in [6.45, 7) is 8.78. The summed E-state index contributed by atoms with van der Waals surface area (Å²) in [5.74, 6) is 1.47. The zero-order valence-corrected chi connectivity index (χ0v) is 18.4. The highest BCUT2D eigenvalue weighted by atomic mass is 32.2. The Hall–Kier alpha value is -2.45. The van der Waals surface area contributed by atoms with Gasteiger partial charge in [0, 0.05) is 36.0 Å². The van der Waals surface area contributed by atoms with Crippen molar-refractivity contribution in [1.82, 2.24) is 9.55 Å². The maximum absolute atomic E-state index is 13.1. The summed E-state index contributed by atoms with van der Waals surface area (Å²) < 4.78 is 34.6. The third-order valence-corrected chi connectivity index (χ3v) is 7.29. The predicted molar refractivity (Wildman–Crippen MR) is 111 cm³/mol. The van der Waals surface area contributed by atoms with Crippen molar-refractivity contribution in [3.05, 3.63) is 48.5 Å². The molecular weight excluding hydrogens is 402 g/mol. The van der Waals surface area contributed by atoms with Crippen molar-refractivity contribution >= 4 is 20.9 Å². The molecule has 7 nitrogen and oxygen atoms in total. The van der Waals surface area contributed by atoms with E-state index in [1.165, 1.54) is 24.5 Å². The Balaban J connectivity index is 1.80. The van der Waals surface area contributed by atoms with Crippen LogP contribution in [0.25, 0.3) is 11.0 Å². The third-order valence-electron chi connectivity index (χ3n) is 5.55. The molecule has 8 heteroatoms. The molecule has 1 saturated heterocycles. The van der Waals surface area contributed by atoms with Crippen LogP contribution in [0.1, 0.15) is 39.4 Å². The summed E-state index contributed by atoms with van der Waals surface area (Å²) in [4.78, 5) is 5.04. The van der Waals surface area contributed by atoms with E-state index in [9.17, 15) is 13.6 Å². The van der Waals surface area contributed by atoms with Crippen molar-refractivity contribution in [2.75, 3.05) is 13.2 Å². The van der Waals surface area contributed by atoms with Crippen LogP contribution >= 0.6 is 0 Å². The monoisotopic (exact) mass is 430 g/mol. The second kappa shape index (κ2) is 7.67. The molecule has 0 atom stereocenters. The molecule has 1 N–H and O–H groups in total. The Morgan fingerprint density at radius 1 is 1.20 bits per heavy atom. The molecule has 1 fully saturated rings. The smallest absolute Gasteiger partial charge is 0.241 e. The van der Waals surface area contributed by atoms with Crippen molar-refractivity contribution in [2.24, 2.45) is 5.92 Å². The van der Waals surface area contributed by atoms with Gasteiger partial charge in [0.05, 0.1) is 15.9 Å². The largest absolute Gasteiger partial charge is 0.381 e. The maximum atomic E-state index is 13.1. The predicted octanol–water partition coefficient (Wildman–Crippen LogP) is 3.12. The first-order chi connectivity index (χ1) is 14.2. The van der Waals surface area contributed by atoms with E-state index >= 15 is 0 Å². The topological polar surface area (TPSA) is 85.3 Å². The highest BCUT2D eigenvalue weighted by Gasteiger charge is 2.27. The second-order valence-electron chi connectivity index (χ2n) is 8.93. The molecule has 0 unspecified atom stereocenters. The lowest BCUT2D eigenvalue weighted by Crippen LogP contribution is -2.29. The molecule has 0 amide bonds. The number of hydrogen-bond acceptors (Lipinski definition) is 5. The zero-order chi connectivity index (χ0) is 21.5. The molecule has 1 aliphatic heterocycles. The Bertz CT molecular complexity index is 1170. The standard InChI is InChI=1S/C22H28N3O4S/c1-22(2,3)21-23-19-13-17(30(27,28)18-5-4-10-24(26)15-18)6-7-20(19)25(21)14-16-8-11-29-12-9-16/h4-7,10,13,15-16,26H,8-9,11-12,14H2,1-3H3/q+1. The summed E-state index contributed by atoms with van der Waals surface area (Å²) in [6.07, 6.45) is 4.59. The zero-order valence-electron chi connectivity index (χ0n) is 17.6. The van der Waals surface area contributed by atoms with Gasteiger partial charge in [0.2, 0.25) is 22.2 Å². The van der Waals surface area contributed by atoms with E-state index < -0.39 is 9.84 Å². The van der Waals surface area contributed by atoms with Crippen LogP contribution in [0, 0.1) is 5.92 Å². The fourth-order valence-corrected chi connectivity index (χ4v) is 5.25. The minimum atomic E-state index is -3.77. The Labute approximate surface area is 176 Å². The minimum absolute atomic E-state index is 0.0320. The molecule has 0 saturated carbocycles. The van der Waals surface area contributed by atoms with Crippen molar-refractivity contribution in [3.8, 4) is 0 Å². The highest BCUT2D eigenvalue weighted by molar-refractivity contribution is 7.91. The fraction of sp³-hybridized carbons (Fsp3) is 0.455. The molecule has 3 aromatic rings. The SMILES string of the molecule is CC(C)(C)c1nc2cc(S(=O)(=O)c3ccc[n+](O)c3)ccc2n1CC1CCOCC1. The average Bonchev–Trinajstić information content (AvgIpc) is 3.07. The van der Waals surface area contributed by atoms with Gasteiger partial charge in [-0.1, -0.05) is 20.8 Å². The molecular formula is C22H28N3O4S+. The molecule has 3 heterocycles. The number of hydrogen-bond donors (Lipinski definition) is 1. The minimum Gasteiger partial charge on any atom is -0.381 e. The van der Waals surface area contributed by atoms with E-state index in [1.54, 1.807) is 12.1 Å². The molecule has 4 rings (SSSR count). The van der Waals surface area contributed by atoms with Gasteiger partial charge in [-0.05, 0) is 43.0 Å². The number of sulfone groups is 1. The molecule has 0 aliphatic carbocycles. The van der Waals surface area contributed by atoms with Crippen LogP contribution in [0.15, 0.2) is 52.5 Å². The first-order valence-electron chi connectivity index (χ1n) is 10.2. The Morgan fingerprint density at radius 2 is 1.93 bits per heavy atom. The number of nitrogens with zero attached hydrogens (tertiary/aromatic N) is 3. The van der Waals surface area contributed by atoms with Gasteiger partial charge < -0.3 is 9.30 Å². The lowest BCUT2D eigenvalue weighted by molar-refractivity contribution is -0.906. The maximum Gasteiger partial charge on any atom is 0.241 e. The van der Waals surface area contributed by atoms with Crippen molar-refractivity contribution in [1.29, 1.82) is 0 Å². The van der Waals surface area contributed by atoms with Crippen LogP contribution in [-0.4, -0.2) is 36.4 Å². The van der Waals surface area contributed by atoms with Crippen LogP contribution in [0.2, 0.25) is 0 Å². The van der Waals surface area contributed by atoms with E-state index in [0.717, 1.165) is 48.7 Å². The van der Waals surface area contributed by atoms with Gasteiger partial charge >= 0.3 is 0 Å². The van der Waals surface area contributed by atoms with Crippen molar-refractivity contribution < 1.29 is 23.1 Å². The van der Waals surface area contributed by atoms with Gasteiger partial charge in [0.25, 0.3) is 0 Å². The highest BCUT2D eigenvalue weighted by Crippen LogP contribution is 2.31. The van der Waals surface area contributed by atoms with E-state index in [4.69, 9.17) is 9.72 Å². The van der Waals surface area contributed by atoms with E-state index in [1.807, 2.05) is 6.07 Å². The quantitative estimate of drug-likeness (QED) is 0.508. The van der Waals surface area contributed by atoms with E-state index in [0.29, 0.717) is 11.4 Å². The molecule has 0 radical (unpaired) electrons. The summed E-state index contributed by atoms with van der Waals surface area (Å²) in [5, 5.41) is 9.61. The molecule has 160 valence electrons. The number of ether oxygens (including phenoxy) is 1. The van der Waals surface area contributed by atoms with Gasteiger partial charge in [-0.15, -0.1) is 0 Å². The van der Waals surface area contributed by atoms with E-state index in [-0.39, 0.29) is 15.2 Å². The van der Waals surface area contributed by atoms with Crippen molar-refractivity contribution in [3.63, 3.8) is 0 Å². The normalized spacial score (nSPS) is 16.2. The third kappa shape index (κ3) is 3.94. The summed E-state index contributed by atoms with van der Waals surface area (Å²) in [6, 6.07) is 8.07. The average molecular weight is 431 g/mol. The Morgan fingerprint density at radius 3 is 2.60 bits per heavy atom. The fourth-order valence-electron chi connectivity index (χ4n) is 3.96.